The molecule has 1 aromatic rings. The molecule has 1 heterocycles. The van der Waals surface area contributed by atoms with Crippen LogP contribution >= 0.6 is 12.8 Å². The molecule has 1 aliphatic heterocycles. The molecule has 66 valence electrons. The third-order valence-electron chi connectivity index (χ3n) is 1.62. The van der Waals surface area contributed by atoms with Crippen molar-refractivity contribution in [3.05, 3.63) is 42.1 Å². The third-order valence-corrected chi connectivity index (χ3v) is 1.82. The number of nitrogens with one attached hydrogen (secondary N) is 1. The average Bonchev–Trinajstić information content (AvgIpc) is 2.19. The summed E-state index contributed by atoms with van der Waals surface area (Å²) < 4.78 is 1.45. The fraction of sp³-hybridized carbons (Fsp3) is 0. The van der Waals surface area contributed by atoms with Gasteiger partial charge in [-0.2, -0.15) is 5.53 Å². The Kier molecular flexibility index (Phi) is 2.18. The zero-order valence-electron chi connectivity index (χ0n) is 6.75. The Morgan fingerprint density at radius 2 is 2.00 bits per heavy atom. The summed E-state index contributed by atoms with van der Waals surface area (Å²) in [7, 11) is 0. The van der Waals surface area contributed by atoms with E-state index in [-0.39, 0.29) is 0 Å². The summed E-state index contributed by atoms with van der Waals surface area (Å²) >= 11 is 4.06. The predicted octanol–water partition coefficient (Wildman–Crippen LogP) is 2.02. The Hall–Kier alpha value is -1.49. The first-order valence-corrected chi connectivity index (χ1v) is 4.18. The van der Waals surface area contributed by atoms with Gasteiger partial charge in [0.15, 0.2) is 0 Å². The number of nitrogens with zero attached hydrogens (tertiary/aromatic N) is 3. The van der Waals surface area contributed by atoms with Crippen molar-refractivity contribution in [2.45, 2.75) is 0 Å². The minimum Gasteiger partial charge on any atom is -0.220 e. The van der Waals surface area contributed by atoms with Gasteiger partial charge in [-0.05, 0) is 12.8 Å². The molecule has 1 aromatic carbocycles. The van der Waals surface area contributed by atoms with E-state index >= 15 is 0 Å². The SMILES string of the molecule is SN1C=C(c2ccccc2)N=NN1. The van der Waals surface area contributed by atoms with Crippen LogP contribution in [0.15, 0.2) is 46.9 Å². The van der Waals surface area contributed by atoms with Gasteiger partial charge in [0.1, 0.15) is 5.70 Å². The predicted molar refractivity (Wildman–Crippen MR) is 53.2 cm³/mol. The summed E-state index contributed by atoms with van der Waals surface area (Å²) in [5, 5.41) is 7.61. The minimum atomic E-state index is 0.786. The zero-order valence-corrected chi connectivity index (χ0v) is 7.65. The zero-order chi connectivity index (χ0) is 9.10. The number of hydrogen-bond donors (Lipinski definition) is 2. The first-order valence-electron chi connectivity index (χ1n) is 3.78. The Balaban J connectivity index is 2.32. The molecule has 0 fully saturated rings. The fourth-order valence-electron chi connectivity index (χ4n) is 1.03. The molecule has 0 saturated carbocycles. The van der Waals surface area contributed by atoms with Crippen LogP contribution in [-0.2, 0) is 0 Å². The van der Waals surface area contributed by atoms with Crippen molar-refractivity contribution < 1.29 is 0 Å². The molecule has 0 atom stereocenters. The molecule has 0 radical (unpaired) electrons. The molecule has 0 aliphatic carbocycles. The van der Waals surface area contributed by atoms with Crippen molar-refractivity contribution in [1.29, 1.82) is 0 Å². The number of rotatable bonds is 1. The molecule has 0 unspecified atom stereocenters. The third kappa shape index (κ3) is 1.81. The topological polar surface area (TPSA) is 40.0 Å². The van der Waals surface area contributed by atoms with Crippen LogP contribution in [0.1, 0.15) is 5.56 Å². The van der Waals surface area contributed by atoms with E-state index in [1.807, 2.05) is 30.3 Å². The van der Waals surface area contributed by atoms with Crippen LogP contribution in [0.4, 0.5) is 0 Å². The lowest BCUT2D eigenvalue weighted by Crippen LogP contribution is -2.21. The van der Waals surface area contributed by atoms with Gasteiger partial charge in [0.2, 0.25) is 0 Å². The first-order chi connectivity index (χ1) is 6.36. The van der Waals surface area contributed by atoms with Gasteiger partial charge in [0.05, 0.1) is 6.20 Å². The van der Waals surface area contributed by atoms with Crippen molar-refractivity contribution in [2.24, 2.45) is 10.3 Å². The molecule has 0 amide bonds. The first kappa shape index (κ1) is 8.12. The molecule has 0 bridgehead atoms. The van der Waals surface area contributed by atoms with Crippen LogP contribution in [0.25, 0.3) is 5.70 Å². The second-order valence-electron chi connectivity index (χ2n) is 2.52. The van der Waals surface area contributed by atoms with Crippen LogP contribution in [0.2, 0.25) is 0 Å². The fourth-order valence-corrected chi connectivity index (χ4v) is 1.18. The summed E-state index contributed by atoms with van der Waals surface area (Å²) in [4.78, 5) is 0. The molecule has 13 heavy (non-hydrogen) atoms. The summed E-state index contributed by atoms with van der Waals surface area (Å²) in [6, 6.07) is 9.81. The highest BCUT2D eigenvalue weighted by molar-refractivity contribution is 7.77. The summed E-state index contributed by atoms with van der Waals surface area (Å²) in [6.07, 6.45) is 1.76. The van der Waals surface area contributed by atoms with E-state index in [9.17, 15) is 0 Å². The van der Waals surface area contributed by atoms with Crippen molar-refractivity contribution in [3.8, 4) is 0 Å². The highest BCUT2D eigenvalue weighted by Crippen LogP contribution is 2.18. The maximum absolute atomic E-state index is 4.06. The Morgan fingerprint density at radius 1 is 1.23 bits per heavy atom. The molecule has 5 heteroatoms. The van der Waals surface area contributed by atoms with E-state index in [1.165, 1.54) is 4.41 Å². The van der Waals surface area contributed by atoms with Crippen molar-refractivity contribution in [1.82, 2.24) is 9.95 Å². The van der Waals surface area contributed by atoms with Crippen molar-refractivity contribution in [2.75, 3.05) is 0 Å². The molecule has 1 aliphatic rings. The summed E-state index contributed by atoms with van der Waals surface area (Å²) in [5.41, 5.74) is 4.37. The lowest BCUT2D eigenvalue weighted by Gasteiger charge is -2.15. The molecule has 2 rings (SSSR count). The lowest BCUT2D eigenvalue weighted by atomic mass is 10.2. The summed E-state index contributed by atoms with van der Waals surface area (Å²) in [6.45, 7) is 0. The van der Waals surface area contributed by atoms with Crippen LogP contribution in [0, 0.1) is 0 Å². The number of hydrazine groups is 1. The van der Waals surface area contributed by atoms with E-state index in [0.29, 0.717) is 0 Å². The maximum Gasteiger partial charge on any atom is 0.114 e. The second-order valence-corrected chi connectivity index (χ2v) is 2.96. The number of thiol groups is 1. The van der Waals surface area contributed by atoms with Crippen molar-refractivity contribution >= 4 is 18.5 Å². The van der Waals surface area contributed by atoms with Gasteiger partial charge in [-0.15, -0.1) is 5.11 Å². The average molecular weight is 192 g/mol. The smallest absolute Gasteiger partial charge is 0.114 e. The standard InChI is InChI=1S/C8H8N4S/c13-12-6-8(9-10-11-12)7-4-2-1-3-5-7/h1-6,13H,(H,9,11). The quantitative estimate of drug-likeness (QED) is 0.668. The van der Waals surface area contributed by atoms with Gasteiger partial charge >= 0.3 is 0 Å². The largest absolute Gasteiger partial charge is 0.220 e. The van der Waals surface area contributed by atoms with E-state index in [4.69, 9.17) is 0 Å². The second kappa shape index (κ2) is 3.49. The van der Waals surface area contributed by atoms with E-state index in [0.717, 1.165) is 11.3 Å². The number of benzene rings is 1. The van der Waals surface area contributed by atoms with Crippen LogP contribution in [-0.4, -0.2) is 4.41 Å². The highest BCUT2D eigenvalue weighted by Gasteiger charge is 2.05. The Labute approximate surface area is 81.5 Å². The van der Waals surface area contributed by atoms with Crippen LogP contribution in [0.3, 0.4) is 0 Å². The molecule has 0 spiro atoms. The van der Waals surface area contributed by atoms with Gasteiger partial charge in [0.25, 0.3) is 0 Å². The Morgan fingerprint density at radius 3 is 2.69 bits per heavy atom. The highest BCUT2D eigenvalue weighted by atomic mass is 32.1. The van der Waals surface area contributed by atoms with Gasteiger partial charge in [-0.1, -0.05) is 35.6 Å². The molecular formula is C8H8N4S. The van der Waals surface area contributed by atoms with Gasteiger partial charge in [-0.25, -0.2) is 4.41 Å². The molecule has 4 nitrogen and oxygen atoms in total. The van der Waals surface area contributed by atoms with Gasteiger partial charge in [-0.3, -0.25) is 0 Å². The number of hydrogen-bond acceptors (Lipinski definition) is 5. The van der Waals surface area contributed by atoms with Gasteiger partial charge < -0.3 is 0 Å². The summed E-state index contributed by atoms with van der Waals surface area (Å²) in [5.74, 6) is 0. The molecule has 0 aromatic heterocycles. The normalized spacial score (nSPS) is 15.2. The maximum atomic E-state index is 4.06. The van der Waals surface area contributed by atoms with Crippen molar-refractivity contribution in [3.63, 3.8) is 0 Å². The molecule has 1 N–H and O–H groups in total. The minimum absolute atomic E-state index is 0.786. The Bertz CT molecular complexity index is 346. The van der Waals surface area contributed by atoms with E-state index in [2.05, 4.69) is 28.7 Å². The molecular weight excluding hydrogens is 184 g/mol. The van der Waals surface area contributed by atoms with E-state index < -0.39 is 0 Å². The monoisotopic (exact) mass is 192 g/mol. The van der Waals surface area contributed by atoms with Crippen LogP contribution in [0.5, 0.6) is 0 Å². The van der Waals surface area contributed by atoms with Crippen LogP contribution < -0.4 is 5.53 Å². The van der Waals surface area contributed by atoms with E-state index in [1.54, 1.807) is 6.20 Å². The molecule has 0 saturated heterocycles. The van der Waals surface area contributed by atoms with Gasteiger partial charge in [0, 0.05) is 5.56 Å². The lowest BCUT2D eigenvalue weighted by molar-refractivity contribution is 0.444.